The number of anilines is 1. The SMILES string of the molecule is CN(c1ccccc1OCC(F)(F)F)C1CNCC1CCO. The van der Waals surface area contributed by atoms with Gasteiger partial charge in [-0.15, -0.1) is 0 Å². The van der Waals surface area contributed by atoms with Crippen molar-refractivity contribution in [1.29, 1.82) is 0 Å². The van der Waals surface area contributed by atoms with Crippen LogP contribution in [0, 0.1) is 5.92 Å². The van der Waals surface area contributed by atoms with E-state index in [1.54, 1.807) is 24.3 Å². The van der Waals surface area contributed by atoms with E-state index >= 15 is 0 Å². The second kappa shape index (κ2) is 7.19. The third-order valence-corrected chi connectivity index (χ3v) is 3.94. The normalized spacial score (nSPS) is 21.9. The largest absolute Gasteiger partial charge is 0.482 e. The zero-order chi connectivity index (χ0) is 16.2. The number of alkyl halides is 3. The molecule has 2 N–H and O–H groups in total. The van der Waals surface area contributed by atoms with Crippen LogP contribution < -0.4 is 15.0 Å². The first-order valence-electron chi connectivity index (χ1n) is 7.25. The van der Waals surface area contributed by atoms with Gasteiger partial charge in [0.2, 0.25) is 0 Å². The van der Waals surface area contributed by atoms with Crippen LogP contribution in [0.15, 0.2) is 24.3 Å². The summed E-state index contributed by atoms with van der Waals surface area (Å²) < 4.78 is 42.0. The van der Waals surface area contributed by atoms with Crippen molar-refractivity contribution in [2.45, 2.75) is 18.6 Å². The van der Waals surface area contributed by atoms with Crippen molar-refractivity contribution in [2.75, 3.05) is 38.3 Å². The van der Waals surface area contributed by atoms with Gasteiger partial charge in [-0.3, -0.25) is 0 Å². The Hall–Kier alpha value is -1.47. The van der Waals surface area contributed by atoms with E-state index in [9.17, 15) is 13.2 Å². The fourth-order valence-electron chi connectivity index (χ4n) is 2.84. The van der Waals surface area contributed by atoms with Crippen LogP contribution in [0.2, 0.25) is 0 Å². The molecule has 2 unspecified atom stereocenters. The number of benzene rings is 1. The van der Waals surface area contributed by atoms with Gasteiger partial charge in [0.1, 0.15) is 5.75 Å². The zero-order valence-electron chi connectivity index (χ0n) is 12.4. The van der Waals surface area contributed by atoms with E-state index in [-0.39, 0.29) is 24.3 Å². The number of rotatable bonds is 6. The number of para-hydroxylation sites is 2. The van der Waals surface area contributed by atoms with Gasteiger partial charge in [0.25, 0.3) is 0 Å². The predicted molar refractivity (Wildman–Crippen MR) is 78.2 cm³/mol. The molecule has 0 radical (unpaired) electrons. The molecule has 1 saturated heterocycles. The molecule has 124 valence electrons. The Labute approximate surface area is 127 Å². The molecule has 7 heteroatoms. The van der Waals surface area contributed by atoms with E-state index in [2.05, 4.69) is 5.32 Å². The molecule has 0 spiro atoms. The van der Waals surface area contributed by atoms with Crippen LogP contribution in [0.3, 0.4) is 0 Å². The van der Waals surface area contributed by atoms with E-state index in [4.69, 9.17) is 9.84 Å². The lowest BCUT2D eigenvalue weighted by molar-refractivity contribution is -0.153. The van der Waals surface area contributed by atoms with Gasteiger partial charge in [0.05, 0.1) is 5.69 Å². The number of hydrogen-bond acceptors (Lipinski definition) is 4. The molecule has 2 atom stereocenters. The molecule has 22 heavy (non-hydrogen) atoms. The fraction of sp³-hybridized carbons (Fsp3) is 0.600. The molecule has 0 saturated carbocycles. The Morgan fingerprint density at radius 3 is 2.73 bits per heavy atom. The molecule has 0 bridgehead atoms. The molecule has 1 aromatic carbocycles. The van der Waals surface area contributed by atoms with Gasteiger partial charge >= 0.3 is 6.18 Å². The van der Waals surface area contributed by atoms with E-state index in [1.807, 2.05) is 11.9 Å². The number of likely N-dealkylation sites (N-methyl/N-ethyl adjacent to an activating group) is 1. The first kappa shape index (κ1) is 16.9. The summed E-state index contributed by atoms with van der Waals surface area (Å²) in [6.07, 6.45) is -3.70. The average molecular weight is 318 g/mol. The van der Waals surface area contributed by atoms with Crippen LogP contribution in [-0.4, -0.2) is 50.7 Å². The molecule has 0 aromatic heterocycles. The Morgan fingerprint density at radius 1 is 1.32 bits per heavy atom. The highest BCUT2D eigenvalue weighted by molar-refractivity contribution is 5.59. The highest BCUT2D eigenvalue weighted by Gasteiger charge is 2.32. The van der Waals surface area contributed by atoms with Gasteiger partial charge in [-0.05, 0) is 24.5 Å². The van der Waals surface area contributed by atoms with Gasteiger partial charge in [0.15, 0.2) is 6.61 Å². The number of halogens is 3. The van der Waals surface area contributed by atoms with Gasteiger partial charge in [-0.1, -0.05) is 12.1 Å². The molecule has 1 aliphatic rings. The summed E-state index contributed by atoms with van der Waals surface area (Å²) in [5.41, 5.74) is 0.628. The summed E-state index contributed by atoms with van der Waals surface area (Å²) in [7, 11) is 1.85. The molecule has 2 rings (SSSR count). The number of hydrogen-bond donors (Lipinski definition) is 2. The van der Waals surface area contributed by atoms with Gasteiger partial charge in [-0.25, -0.2) is 0 Å². The third kappa shape index (κ3) is 4.27. The fourth-order valence-corrected chi connectivity index (χ4v) is 2.84. The summed E-state index contributed by atoms with van der Waals surface area (Å²) in [6.45, 7) is 0.319. The minimum Gasteiger partial charge on any atom is -0.482 e. The number of ether oxygens (including phenoxy) is 1. The van der Waals surface area contributed by atoms with E-state index in [0.29, 0.717) is 12.1 Å². The Bertz CT molecular complexity index is 482. The van der Waals surface area contributed by atoms with Crippen molar-refractivity contribution >= 4 is 5.69 Å². The topological polar surface area (TPSA) is 44.7 Å². The van der Waals surface area contributed by atoms with Gasteiger partial charge in [0, 0.05) is 32.8 Å². The number of aliphatic hydroxyl groups is 1. The lowest BCUT2D eigenvalue weighted by Crippen LogP contribution is -2.38. The molecular weight excluding hydrogens is 297 g/mol. The second-order valence-electron chi connectivity index (χ2n) is 5.48. The van der Waals surface area contributed by atoms with Crippen LogP contribution in [-0.2, 0) is 0 Å². The molecule has 0 amide bonds. The molecule has 4 nitrogen and oxygen atoms in total. The standard InChI is InChI=1S/C15H21F3N2O2/c1-20(13-9-19-8-11(13)6-7-21)12-4-2-3-5-14(12)22-10-15(16,17)18/h2-5,11,13,19,21H,6-10H2,1H3. The van der Waals surface area contributed by atoms with Gasteiger partial charge in [-0.2, -0.15) is 13.2 Å². The number of nitrogens with one attached hydrogen (secondary N) is 1. The number of nitrogens with zero attached hydrogens (tertiary/aromatic N) is 1. The quantitative estimate of drug-likeness (QED) is 0.842. The second-order valence-corrected chi connectivity index (χ2v) is 5.48. The van der Waals surface area contributed by atoms with Crippen LogP contribution in [0.25, 0.3) is 0 Å². The summed E-state index contributed by atoms with van der Waals surface area (Å²) >= 11 is 0. The maximum absolute atomic E-state index is 12.4. The van der Waals surface area contributed by atoms with Gasteiger partial charge < -0.3 is 20.1 Å². The van der Waals surface area contributed by atoms with E-state index < -0.39 is 12.8 Å². The molecule has 1 fully saturated rings. The average Bonchev–Trinajstić information content (AvgIpc) is 2.92. The predicted octanol–water partition coefficient (Wildman–Crippen LogP) is 2.03. The minimum absolute atomic E-state index is 0.100. The Balaban J connectivity index is 2.13. The molecular formula is C15H21F3N2O2. The van der Waals surface area contributed by atoms with Crippen LogP contribution in [0.5, 0.6) is 5.75 Å². The smallest absolute Gasteiger partial charge is 0.422 e. The monoisotopic (exact) mass is 318 g/mol. The Kier molecular flexibility index (Phi) is 5.52. The molecule has 0 aliphatic carbocycles. The first-order valence-corrected chi connectivity index (χ1v) is 7.25. The van der Waals surface area contributed by atoms with E-state index in [1.165, 1.54) is 0 Å². The van der Waals surface area contributed by atoms with E-state index in [0.717, 1.165) is 13.1 Å². The summed E-state index contributed by atoms with van der Waals surface area (Å²) in [5, 5.41) is 12.4. The van der Waals surface area contributed by atoms with Crippen molar-refractivity contribution in [1.82, 2.24) is 5.32 Å². The van der Waals surface area contributed by atoms with Crippen molar-refractivity contribution in [2.24, 2.45) is 5.92 Å². The molecule has 1 aromatic rings. The van der Waals surface area contributed by atoms with Crippen LogP contribution in [0.4, 0.5) is 18.9 Å². The van der Waals surface area contributed by atoms with Crippen molar-refractivity contribution < 1.29 is 23.0 Å². The highest BCUT2D eigenvalue weighted by Crippen LogP contribution is 2.32. The summed E-state index contributed by atoms with van der Waals surface area (Å²) in [5.74, 6) is 0.475. The van der Waals surface area contributed by atoms with Crippen molar-refractivity contribution in [3.05, 3.63) is 24.3 Å². The highest BCUT2D eigenvalue weighted by atomic mass is 19.4. The van der Waals surface area contributed by atoms with Crippen LogP contribution in [0.1, 0.15) is 6.42 Å². The molecule has 1 aliphatic heterocycles. The lowest BCUT2D eigenvalue weighted by atomic mass is 9.98. The van der Waals surface area contributed by atoms with Crippen molar-refractivity contribution in [3.63, 3.8) is 0 Å². The van der Waals surface area contributed by atoms with Crippen LogP contribution >= 0.6 is 0 Å². The first-order chi connectivity index (χ1) is 10.4. The summed E-state index contributed by atoms with van der Waals surface area (Å²) in [4.78, 5) is 1.94. The zero-order valence-corrected chi connectivity index (χ0v) is 12.4. The maximum Gasteiger partial charge on any atom is 0.422 e. The summed E-state index contributed by atoms with van der Waals surface area (Å²) in [6, 6.07) is 6.83. The lowest BCUT2D eigenvalue weighted by Gasteiger charge is -2.32. The molecule has 1 heterocycles. The maximum atomic E-state index is 12.4. The Morgan fingerprint density at radius 2 is 2.05 bits per heavy atom. The number of aliphatic hydroxyl groups excluding tert-OH is 1. The van der Waals surface area contributed by atoms with Crippen molar-refractivity contribution in [3.8, 4) is 5.75 Å². The minimum atomic E-state index is -4.36. The third-order valence-electron chi connectivity index (χ3n) is 3.94.